The van der Waals surface area contributed by atoms with Crippen LogP contribution < -0.4 is 10.1 Å². The number of aryl methyl sites for hydroxylation is 1. The summed E-state index contributed by atoms with van der Waals surface area (Å²) in [5.74, 6) is -0.235. The number of carbonyl (C=O) groups excluding carboxylic acids is 1. The average Bonchev–Trinajstić information content (AvgIpc) is 2.60. The minimum absolute atomic E-state index is 0.0580. The van der Waals surface area contributed by atoms with Crippen LogP contribution in [0.5, 0.6) is 5.75 Å². The first-order valence-corrected chi connectivity index (χ1v) is 8.01. The van der Waals surface area contributed by atoms with Crippen LogP contribution in [0.25, 0.3) is 0 Å². The molecule has 2 rings (SSSR count). The van der Waals surface area contributed by atoms with Gasteiger partial charge in [0.15, 0.2) is 6.61 Å². The quantitative estimate of drug-likeness (QED) is 0.574. The molecule has 1 N–H and O–H groups in total. The largest absolute Gasteiger partial charge is 0.435 e. The minimum atomic E-state index is -2.86. The van der Waals surface area contributed by atoms with Gasteiger partial charge in [-0.15, -0.1) is 0 Å². The normalized spacial score (nSPS) is 12.2. The molecule has 1 unspecified atom stereocenters. The summed E-state index contributed by atoms with van der Waals surface area (Å²) in [6.07, 6.45) is 1.38. The van der Waals surface area contributed by atoms with E-state index in [2.05, 4.69) is 15.2 Å². The van der Waals surface area contributed by atoms with Gasteiger partial charge >= 0.3 is 6.61 Å². The first-order valence-electron chi connectivity index (χ1n) is 8.01. The van der Waals surface area contributed by atoms with Crippen LogP contribution >= 0.6 is 0 Å². The average molecular weight is 362 g/mol. The molecule has 2 aromatic rings. The second kappa shape index (κ2) is 9.50. The number of hydrogen-bond donors (Lipinski definition) is 1. The van der Waals surface area contributed by atoms with E-state index in [0.29, 0.717) is 5.56 Å². The predicted molar refractivity (Wildman–Crippen MR) is 94.4 cm³/mol. The molecule has 1 amide bonds. The summed E-state index contributed by atoms with van der Waals surface area (Å²) in [5.41, 5.74) is 2.76. The Labute approximate surface area is 150 Å². The fourth-order valence-corrected chi connectivity index (χ4v) is 2.36. The Kier molecular flexibility index (Phi) is 7.08. The van der Waals surface area contributed by atoms with Gasteiger partial charge in [0.2, 0.25) is 0 Å². The predicted octanol–water partition coefficient (Wildman–Crippen LogP) is 3.82. The Morgan fingerprint density at radius 1 is 1.19 bits per heavy atom. The number of oxime groups is 1. The Balaban J connectivity index is 1.77. The summed E-state index contributed by atoms with van der Waals surface area (Å²) in [7, 11) is 0. The second-order valence-corrected chi connectivity index (χ2v) is 5.60. The molecule has 0 bridgehead atoms. The maximum absolute atomic E-state index is 12.1. The molecule has 0 fully saturated rings. The second-order valence-electron chi connectivity index (χ2n) is 5.60. The van der Waals surface area contributed by atoms with Crippen molar-refractivity contribution in [1.82, 2.24) is 5.32 Å². The highest BCUT2D eigenvalue weighted by Gasteiger charge is 2.11. The number of nitrogens with one attached hydrogen (secondary N) is 1. The number of alkyl halides is 2. The van der Waals surface area contributed by atoms with Crippen LogP contribution in [0, 0.1) is 6.92 Å². The Morgan fingerprint density at radius 2 is 1.88 bits per heavy atom. The van der Waals surface area contributed by atoms with Gasteiger partial charge in [-0.25, -0.2) is 0 Å². The number of benzene rings is 2. The zero-order valence-electron chi connectivity index (χ0n) is 14.5. The van der Waals surface area contributed by atoms with Gasteiger partial charge in [-0.2, -0.15) is 8.78 Å². The zero-order valence-corrected chi connectivity index (χ0v) is 14.5. The highest BCUT2D eigenvalue weighted by Crippen LogP contribution is 2.16. The molecular formula is C19H20F2N2O3. The minimum Gasteiger partial charge on any atom is -0.435 e. The number of amides is 1. The van der Waals surface area contributed by atoms with Crippen molar-refractivity contribution in [2.75, 3.05) is 6.61 Å². The summed E-state index contributed by atoms with van der Waals surface area (Å²) in [6, 6.07) is 13.5. The molecule has 1 atom stereocenters. The van der Waals surface area contributed by atoms with Crippen molar-refractivity contribution in [3.05, 3.63) is 65.2 Å². The molecule has 0 saturated heterocycles. The maximum atomic E-state index is 12.1. The van der Waals surface area contributed by atoms with E-state index in [1.54, 1.807) is 12.1 Å². The molecule has 0 aliphatic heterocycles. The summed E-state index contributed by atoms with van der Waals surface area (Å²) in [4.78, 5) is 16.9. The molecule has 5 nitrogen and oxygen atoms in total. The molecule has 26 heavy (non-hydrogen) atoms. The highest BCUT2D eigenvalue weighted by molar-refractivity contribution is 5.80. The molecule has 0 aromatic heterocycles. The van der Waals surface area contributed by atoms with E-state index in [1.807, 2.05) is 38.1 Å². The lowest BCUT2D eigenvalue weighted by Gasteiger charge is -2.16. The van der Waals surface area contributed by atoms with E-state index in [0.717, 1.165) is 11.1 Å². The van der Waals surface area contributed by atoms with Crippen LogP contribution in [0.3, 0.4) is 0 Å². The van der Waals surface area contributed by atoms with Gasteiger partial charge in [0.05, 0.1) is 12.3 Å². The summed E-state index contributed by atoms with van der Waals surface area (Å²) < 4.78 is 28.4. The number of nitrogens with zero attached hydrogens (tertiary/aromatic N) is 1. The highest BCUT2D eigenvalue weighted by atomic mass is 19.3. The molecule has 7 heteroatoms. The van der Waals surface area contributed by atoms with Crippen molar-refractivity contribution < 1.29 is 23.1 Å². The third kappa shape index (κ3) is 6.16. The van der Waals surface area contributed by atoms with Crippen LogP contribution in [0.4, 0.5) is 8.78 Å². The van der Waals surface area contributed by atoms with E-state index < -0.39 is 6.61 Å². The molecule has 2 aromatic carbocycles. The molecular weight excluding hydrogens is 342 g/mol. The number of hydrogen-bond acceptors (Lipinski definition) is 4. The number of rotatable bonds is 8. The molecule has 138 valence electrons. The number of ether oxygens (including phenoxy) is 1. The molecule has 0 aliphatic carbocycles. The third-order valence-corrected chi connectivity index (χ3v) is 3.61. The fraction of sp³-hybridized carbons (Fsp3) is 0.263. The Morgan fingerprint density at radius 3 is 2.54 bits per heavy atom. The van der Waals surface area contributed by atoms with Gasteiger partial charge in [0.1, 0.15) is 5.75 Å². The Hall–Kier alpha value is -2.96. The number of carbonyl (C=O) groups is 1. The summed E-state index contributed by atoms with van der Waals surface area (Å²) >= 11 is 0. The van der Waals surface area contributed by atoms with Gasteiger partial charge in [-0.3, -0.25) is 4.79 Å². The summed E-state index contributed by atoms with van der Waals surface area (Å²) in [5, 5.41) is 6.53. The maximum Gasteiger partial charge on any atom is 0.387 e. The van der Waals surface area contributed by atoms with Crippen LogP contribution in [0.2, 0.25) is 0 Å². The first kappa shape index (κ1) is 19.4. The van der Waals surface area contributed by atoms with Crippen molar-refractivity contribution in [1.29, 1.82) is 0 Å². The molecule has 0 aliphatic rings. The monoisotopic (exact) mass is 362 g/mol. The van der Waals surface area contributed by atoms with Gasteiger partial charge in [-0.1, -0.05) is 29.4 Å². The smallest absolute Gasteiger partial charge is 0.387 e. The van der Waals surface area contributed by atoms with Crippen molar-refractivity contribution in [3.8, 4) is 5.75 Å². The van der Waals surface area contributed by atoms with Gasteiger partial charge < -0.3 is 14.9 Å². The van der Waals surface area contributed by atoms with Crippen LogP contribution in [0.1, 0.15) is 29.7 Å². The van der Waals surface area contributed by atoms with E-state index >= 15 is 0 Å². The van der Waals surface area contributed by atoms with Gasteiger partial charge in [0.25, 0.3) is 5.91 Å². The topological polar surface area (TPSA) is 59.9 Å². The fourth-order valence-electron chi connectivity index (χ4n) is 2.36. The van der Waals surface area contributed by atoms with Crippen LogP contribution in [0.15, 0.2) is 53.7 Å². The third-order valence-electron chi connectivity index (χ3n) is 3.61. The van der Waals surface area contributed by atoms with Gasteiger partial charge in [0, 0.05) is 0 Å². The van der Waals surface area contributed by atoms with Gasteiger partial charge in [-0.05, 0) is 54.8 Å². The lowest BCUT2D eigenvalue weighted by Crippen LogP contribution is -2.30. The van der Waals surface area contributed by atoms with Crippen molar-refractivity contribution in [2.45, 2.75) is 26.5 Å². The first-order chi connectivity index (χ1) is 12.5. The summed E-state index contributed by atoms with van der Waals surface area (Å²) in [6.45, 7) is 0.792. The molecule has 0 radical (unpaired) electrons. The Bertz CT molecular complexity index is 749. The van der Waals surface area contributed by atoms with E-state index in [4.69, 9.17) is 4.84 Å². The van der Waals surface area contributed by atoms with E-state index in [9.17, 15) is 13.6 Å². The lowest BCUT2D eigenvalue weighted by atomic mass is 10.0. The van der Waals surface area contributed by atoms with Crippen LogP contribution in [-0.4, -0.2) is 25.3 Å². The van der Waals surface area contributed by atoms with Crippen molar-refractivity contribution >= 4 is 12.1 Å². The zero-order chi connectivity index (χ0) is 18.9. The molecule has 0 heterocycles. The number of halogens is 2. The van der Waals surface area contributed by atoms with E-state index in [1.165, 1.54) is 18.3 Å². The van der Waals surface area contributed by atoms with Crippen LogP contribution in [-0.2, 0) is 9.63 Å². The van der Waals surface area contributed by atoms with Crippen molar-refractivity contribution in [3.63, 3.8) is 0 Å². The standard InChI is InChI=1S/C19H20F2N2O3/c1-13-5-3-4-6-17(13)14(2)23-18(24)12-25-22-11-15-7-9-16(10-8-15)26-19(20)21/h3-11,14,19H,12H2,1-2H3,(H,23,24)/b22-11+. The molecule has 0 saturated carbocycles. The molecule has 0 spiro atoms. The van der Waals surface area contributed by atoms with E-state index in [-0.39, 0.29) is 24.3 Å². The SMILES string of the molecule is Cc1ccccc1C(C)NC(=O)CO/N=C/c1ccc(OC(F)F)cc1. The van der Waals surface area contributed by atoms with Crippen molar-refractivity contribution in [2.24, 2.45) is 5.16 Å². The lowest BCUT2D eigenvalue weighted by molar-refractivity contribution is -0.126.